The van der Waals surface area contributed by atoms with Crippen molar-refractivity contribution in [3.8, 4) is 17.2 Å². The summed E-state index contributed by atoms with van der Waals surface area (Å²) in [4.78, 5) is 11.9. The first kappa shape index (κ1) is 14.0. The Labute approximate surface area is 123 Å². The lowest BCUT2D eigenvalue weighted by molar-refractivity contribution is -0.122. The van der Waals surface area contributed by atoms with Gasteiger partial charge in [0.1, 0.15) is 0 Å². The van der Waals surface area contributed by atoms with Crippen LogP contribution in [0.1, 0.15) is 24.8 Å². The normalized spacial score (nSPS) is 20.8. The van der Waals surface area contributed by atoms with Crippen molar-refractivity contribution >= 4 is 5.91 Å². The molecule has 2 aliphatic rings. The third-order valence-electron chi connectivity index (χ3n) is 3.81. The third-order valence-corrected chi connectivity index (χ3v) is 3.81. The van der Waals surface area contributed by atoms with E-state index >= 15 is 0 Å². The quantitative estimate of drug-likeness (QED) is 0.872. The summed E-state index contributed by atoms with van der Waals surface area (Å²) >= 11 is 0. The second-order valence-electron chi connectivity index (χ2n) is 5.25. The van der Waals surface area contributed by atoms with Crippen molar-refractivity contribution in [3.05, 3.63) is 17.7 Å². The number of ether oxygens (including phenoxy) is 3. The predicted octanol–water partition coefficient (Wildman–Crippen LogP) is 1.18. The van der Waals surface area contributed by atoms with E-state index in [0.717, 1.165) is 31.4 Å². The van der Waals surface area contributed by atoms with Gasteiger partial charge < -0.3 is 24.8 Å². The Balaban J connectivity index is 1.69. The van der Waals surface area contributed by atoms with Crippen LogP contribution in [0.3, 0.4) is 0 Å². The molecule has 2 aliphatic heterocycles. The van der Waals surface area contributed by atoms with Crippen molar-refractivity contribution in [2.45, 2.75) is 31.8 Å². The van der Waals surface area contributed by atoms with Gasteiger partial charge >= 0.3 is 0 Å². The van der Waals surface area contributed by atoms with Crippen molar-refractivity contribution < 1.29 is 19.0 Å². The minimum Gasteiger partial charge on any atom is -0.493 e. The molecular formula is C15H20N2O4. The van der Waals surface area contributed by atoms with Gasteiger partial charge in [-0.1, -0.05) is 0 Å². The maximum absolute atomic E-state index is 11.9. The van der Waals surface area contributed by atoms with Crippen LogP contribution in [0, 0.1) is 0 Å². The molecule has 114 valence electrons. The van der Waals surface area contributed by atoms with Crippen LogP contribution < -0.4 is 24.8 Å². The fourth-order valence-corrected chi connectivity index (χ4v) is 2.66. The Morgan fingerprint density at radius 2 is 2.29 bits per heavy atom. The molecule has 0 aliphatic carbocycles. The van der Waals surface area contributed by atoms with Crippen molar-refractivity contribution in [3.63, 3.8) is 0 Å². The molecule has 3 rings (SSSR count). The number of hydrogen-bond donors (Lipinski definition) is 2. The van der Waals surface area contributed by atoms with E-state index in [1.807, 2.05) is 12.1 Å². The molecule has 1 unspecified atom stereocenters. The highest BCUT2D eigenvalue weighted by Crippen LogP contribution is 2.41. The van der Waals surface area contributed by atoms with E-state index < -0.39 is 0 Å². The molecule has 2 heterocycles. The van der Waals surface area contributed by atoms with Crippen molar-refractivity contribution in [2.24, 2.45) is 0 Å². The first-order valence-electron chi connectivity index (χ1n) is 7.25. The van der Waals surface area contributed by atoms with Crippen LogP contribution in [0.25, 0.3) is 0 Å². The second-order valence-corrected chi connectivity index (χ2v) is 5.25. The van der Waals surface area contributed by atoms with Gasteiger partial charge in [0, 0.05) is 13.1 Å². The van der Waals surface area contributed by atoms with Gasteiger partial charge in [0.15, 0.2) is 11.5 Å². The Kier molecular flexibility index (Phi) is 4.15. The van der Waals surface area contributed by atoms with Crippen LogP contribution in [0.15, 0.2) is 12.1 Å². The number of hydrogen-bond acceptors (Lipinski definition) is 5. The lowest BCUT2D eigenvalue weighted by atomic mass is 10.1. The van der Waals surface area contributed by atoms with Crippen LogP contribution >= 0.6 is 0 Å². The average Bonchev–Trinajstić information content (AvgIpc) is 2.87. The SMILES string of the molecule is COc1cc(CNC2CCCCNC2=O)cc2c1OCO2. The topological polar surface area (TPSA) is 68.8 Å². The highest BCUT2D eigenvalue weighted by atomic mass is 16.7. The van der Waals surface area contributed by atoms with E-state index in [1.165, 1.54) is 0 Å². The smallest absolute Gasteiger partial charge is 0.237 e. The summed E-state index contributed by atoms with van der Waals surface area (Å²) in [5.74, 6) is 2.08. The summed E-state index contributed by atoms with van der Waals surface area (Å²) < 4.78 is 16.1. The Bertz CT molecular complexity index is 533. The third kappa shape index (κ3) is 3.05. The maximum atomic E-state index is 11.9. The molecule has 6 nitrogen and oxygen atoms in total. The first-order valence-corrected chi connectivity index (χ1v) is 7.25. The number of carbonyl (C=O) groups excluding carboxylic acids is 1. The second kappa shape index (κ2) is 6.22. The first-order chi connectivity index (χ1) is 10.3. The van der Waals surface area contributed by atoms with E-state index in [9.17, 15) is 4.79 Å². The van der Waals surface area contributed by atoms with Gasteiger partial charge in [-0.05, 0) is 37.0 Å². The lowest BCUT2D eigenvalue weighted by Gasteiger charge is -2.16. The molecule has 6 heteroatoms. The highest BCUT2D eigenvalue weighted by Gasteiger charge is 2.22. The van der Waals surface area contributed by atoms with Gasteiger partial charge in [0.05, 0.1) is 13.2 Å². The summed E-state index contributed by atoms with van der Waals surface area (Å²) in [5, 5.41) is 6.23. The number of carbonyl (C=O) groups is 1. The van der Waals surface area contributed by atoms with Gasteiger partial charge in [0.2, 0.25) is 18.4 Å². The molecule has 1 aromatic carbocycles. The van der Waals surface area contributed by atoms with E-state index in [0.29, 0.717) is 23.8 Å². The molecule has 1 saturated heterocycles. The fraction of sp³-hybridized carbons (Fsp3) is 0.533. The van der Waals surface area contributed by atoms with Crippen LogP contribution in [-0.2, 0) is 11.3 Å². The predicted molar refractivity (Wildman–Crippen MR) is 76.6 cm³/mol. The Hall–Kier alpha value is -1.95. The van der Waals surface area contributed by atoms with E-state index in [2.05, 4.69) is 10.6 Å². The maximum Gasteiger partial charge on any atom is 0.237 e. The number of methoxy groups -OCH3 is 1. The van der Waals surface area contributed by atoms with E-state index in [4.69, 9.17) is 14.2 Å². The highest BCUT2D eigenvalue weighted by molar-refractivity contribution is 5.81. The Morgan fingerprint density at radius 3 is 3.14 bits per heavy atom. The number of nitrogens with one attached hydrogen (secondary N) is 2. The zero-order chi connectivity index (χ0) is 14.7. The molecule has 0 bridgehead atoms. The van der Waals surface area contributed by atoms with Gasteiger partial charge in [0.25, 0.3) is 0 Å². The number of benzene rings is 1. The zero-order valence-electron chi connectivity index (χ0n) is 12.1. The minimum absolute atomic E-state index is 0.0835. The van der Waals surface area contributed by atoms with Crippen molar-refractivity contribution in [2.75, 3.05) is 20.4 Å². The molecule has 0 radical (unpaired) electrons. The van der Waals surface area contributed by atoms with Crippen molar-refractivity contribution in [1.29, 1.82) is 0 Å². The fourth-order valence-electron chi connectivity index (χ4n) is 2.66. The summed E-state index contributed by atoms with van der Waals surface area (Å²) in [6.45, 7) is 1.58. The largest absolute Gasteiger partial charge is 0.493 e. The molecule has 21 heavy (non-hydrogen) atoms. The molecule has 1 aromatic rings. The van der Waals surface area contributed by atoms with Crippen LogP contribution in [0.2, 0.25) is 0 Å². The van der Waals surface area contributed by atoms with Gasteiger partial charge in [-0.25, -0.2) is 0 Å². The number of rotatable bonds is 4. The summed E-state index contributed by atoms with van der Waals surface area (Å²) in [7, 11) is 1.60. The zero-order valence-corrected chi connectivity index (χ0v) is 12.1. The van der Waals surface area contributed by atoms with Crippen molar-refractivity contribution in [1.82, 2.24) is 10.6 Å². The average molecular weight is 292 g/mol. The van der Waals surface area contributed by atoms with E-state index in [-0.39, 0.29) is 18.7 Å². The van der Waals surface area contributed by atoms with Crippen LogP contribution in [0.5, 0.6) is 17.2 Å². The van der Waals surface area contributed by atoms with Gasteiger partial charge in [-0.2, -0.15) is 0 Å². The summed E-state index contributed by atoms with van der Waals surface area (Å²) in [5.41, 5.74) is 1.01. The molecule has 1 amide bonds. The van der Waals surface area contributed by atoms with Crippen LogP contribution in [-0.4, -0.2) is 32.4 Å². The van der Waals surface area contributed by atoms with E-state index in [1.54, 1.807) is 7.11 Å². The molecule has 1 fully saturated rings. The summed E-state index contributed by atoms with van der Waals surface area (Å²) in [6.07, 6.45) is 2.97. The minimum atomic E-state index is -0.135. The standard InChI is InChI=1S/C15H20N2O4/c1-19-12-6-10(7-13-14(12)21-9-20-13)8-17-11-4-2-3-5-16-15(11)18/h6-7,11,17H,2-5,8-9H2,1H3,(H,16,18). The van der Waals surface area contributed by atoms with Gasteiger partial charge in [-0.15, -0.1) is 0 Å². The summed E-state index contributed by atoms with van der Waals surface area (Å²) in [6, 6.07) is 3.70. The molecule has 0 saturated carbocycles. The van der Waals surface area contributed by atoms with Gasteiger partial charge in [-0.3, -0.25) is 4.79 Å². The molecule has 0 aromatic heterocycles. The lowest BCUT2D eigenvalue weighted by Crippen LogP contribution is -2.42. The monoisotopic (exact) mass is 292 g/mol. The molecule has 2 N–H and O–H groups in total. The van der Waals surface area contributed by atoms with Crippen LogP contribution in [0.4, 0.5) is 0 Å². The number of amides is 1. The Morgan fingerprint density at radius 1 is 1.38 bits per heavy atom. The number of fused-ring (bicyclic) bond motifs is 1. The molecular weight excluding hydrogens is 272 g/mol. The molecule has 0 spiro atoms. The molecule has 1 atom stereocenters.